The second-order valence-electron chi connectivity index (χ2n) is 5.28. The topological polar surface area (TPSA) is 72.8 Å². The highest BCUT2D eigenvalue weighted by Gasteiger charge is 2.51. The maximum absolute atomic E-state index is 12.6. The van der Waals surface area contributed by atoms with Gasteiger partial charge in [0.25, 0.3) is 0 Å². The molecule has 24 heavy (non-hydrogen) atoms. The number of carboxylic acid groups (broad SMARTS) is 1. The maximum Gasteiger partial charge on any atom is 0.413 e. The molecule has 0 spiro atoms. The Balaban J connectivity index is 2.39. The Labute approximate surface area is 140 Å². The standard InChI is InChI=1S/C19H20O5/c1-2-3-14-17(20)19(18(21)22,23-15-10-6-4-7-11-15)24-16-12-8-5-9-13-16/h4-13H,2-3,14H2,1H3,(H,21,22). The van der Waals surface area contributed by atoms with Crippen molar-refractivity contribution in [2.75, 3.05) is 0 Å². The fraction of sp³-hybridized carbons (Fsp3) is 0.263. The second-order valence-corrected chi connectivity index (χ2v) is 5.28. The van der Waals surface area contributed by atoms with Crippen molar-refractivity contribution < 1.29 is 24.2 Å². The van der Waals surface area contributed by atoms with Gasteiger partial charge in [0.15, 0.2) is 0 Å². The molecule has 0 aromatic heterocycles. The van der Waals surface area contributed by atoms with Gasteiger partial charge in [-0.25, -0.2) is 4.79 Å². The lowest BCUT2D eigenvalue weighted by molar-refractivity contribution is -0.190. The van der Waals surface area contributed by atoms with E-state index in [1.807, 2.05) is 6.92 Å². The number of hydrogen-bond acceptors (Lipinski definition) is 4. The molecule has 2 aromatic carbocycles. The molecule has 0 saturated heterocycles. The number of aliphatic carboxylic acids is 1. The molecule has 0 bridgehead atoms. The number of rotatable bonds is 9. The Bertz CT molecular complexity index is 625. The molecule has 2 aromatic rings. The van der Waals surface area contributed by atoms with Crippen LogP contribution in [-0.4, -0.2) is 22.6 Å². The lowest BCUT2D eigenvalue weighted by Gasteiger charge is -2.29. The molecule has 0 atom stereocenters. The average molecular weight is 328 g/mol. The van der Waals surface area contributed by atoms with Gasteiger partial charge in [-0.3, -0.25) is 4.79 Å². The number of benzene rings is 2. The lowest BCUT2D eigenvalue weighted by atomic mass is 10.1. The summed E-state index contributed by atoms with van der Waals surface area (Å²) >= 11 is 0. The van der Waals surface area contributed by atoms with Crippen LogP contribution in [0.25, 0.3) is 0 Å². The Morgan fingerprint density at radius 3 is 1.75 bits per heavy atom. The van der Waals surface area contributed by atoms with E-state index in [4.69, 9.17) is 9.47 Å². The van der Waals surface area contributed by atoms with E-state index in [-0.39, 0.29) is 17.9 Å². The van der Waals surface area contributed by atoms with Gasteiger partial charge in [0.1, 0.15) is 11.5 Å². The molecule has 2 rings (SSSR count). The summed E-state index contributed by atoms with van der Waals surface area (Å²) in [7, 11) is 0. The number of hydrogen-bond donors (Lipinski definition) is 1. The molecule has 126 valence electrons. The SMILES string of the molecule is CCCCC(=O)C(Oc1ccccc1)(Oc1ccccc1)C(=O)O. The molecule has 1 N–H and O–H groups in total. The summed E-state index contributed by atoms with van der Waals surface area (Å²) in [5.41, 5.74) is 0. The quantitative estimate of drug-likeness (QED) is 0.561. The molecule has 5 heteroatoms. The zero-order valence-electron chi connectivity index (χ0n) is 13.5. The van der Waals surface area contributed by atoms with E-state index < -0.39 is 17.5 Å². The molecule has 0 amide bonds. The Kier molecular flexibility index (Phi) is 5.95. The van der Waals surface area contributed by atoms with Crippen LogP contribution in [0.15, 0.2) is 60.7 Å². The third-order valence-electron chi connectivity index (χ3n) is 3.42. The number of ether oxygens (including phenoxy) is 2. The molecule has 5 nitrogen and oxygen atoms in total. The van der Waals surface area contributed by atoms with Gasteiger partial charge in [0.2, 0.25) is 5.78 Å². The molecule has 0 aliphatic heterocycles. The summed E-state index contributed by atoms with van der Waals surface area (Å²) < 4.78 is 11.1. The molecule has 0 saturated carbocycles. The predicted octanol–water partition coefficient (Wildman–Crippen LogP) is 3.68. The van der Waals surface area contributed by atoms with E-state index in [0.29, 0.717) is 6.42 Å². The van der Waals surface area contributed by atoms with E-state index in [1.165, 1.54) is 0 Å². The minimum Gasteiger partial charge on any atom is -0.475 e. The van der Waals surface area contributed by atoms with Crippen molar-refractivity contribution in [3.8, 4) is 11.5 Å². The second kappa shape index (κ2) is 8.15. The van der Waals surface area contributed by atoms with E-state index in [0.717, 1.165) is 6.42 Å². The van der Waals surface area contributed by atoms with Crippen LogP contribution >= 0.6 is 0 Å². The van der Waals surface area contributed by atoms with Crippen LogP contribution in [0.3, 0.4) is 0 Å². The molecular weight excluding hydrogens is 308 g/mol. The van der Waals surface area contributed by atoms with Crippen LogP contribution in [0, 0.1) is 0 Å². The van der Waals surface area contributed by atoms with Crippen LogP contribution in [0.5, 0.6) is 11.5 Å². The molecule has 0 radical (unpaired) electrons. The number of para-hydroxylation sites is 2. The van der Waals surface area contributed by atoms with Crippen molar-refractivity contribution >= 4 is 11.8 Å². The molecule has 0 aliphatic carbocycles. The van der Waals surface area contributed by atoms with Gasteiger partial charge in [0.05, 0.1) is 0 Å². The first-order valence-electron chi connectivity index (χ1n) is 7.83. The van der Waals surface area contributed by atoms with Crippen molar-refractivity contribution in [3.63, 3.8) is 0 Å². The van der Waals surface area contributed by atoms with Crippen LogP contribution in [0.4, 0.5) is 0 Å². The van der Waals surface area contributed by atoms with Crippen LogP contribution in [0.1, 0.15) is 26.2 Å². The minimum atomic E-state index is -2.40. The van der Waals surface area contributed by atoms with Gasteiger partial charge in [-0.05, 0) is 30.7 Å². The predicted molar refractivity (Wildman–Crippen MR) is 89.0 cm³/mol. The highest BCUT2D eigenvalue weighted by Crippen LogP contribution is 2.26. The zero-order chi connectivity index (χ0) is 17.4. The third kappa shape index (κ3) is 4.13. The van der Waals surface area contributed by atoms with Gasteiger partial charge in [-0.2, -0.15) is 0 Å². The number of ketones is 1. The van der Waals surface area contributed by atoms with Gasteiger partial charge in [-0.15, -0.1) is 0 Å². The number of unbranched alkanes of at least 4 members (excludes halogenated alkanes) is 1. The highest BCUT2D eigenvalue weighted by molar-refractivity contribution is 6.05. The summed E-state index contributed by atoms with van der Waals surface area (Å²) in [6.07, 6.45) is 1.38. The Morgan fingerprint density at radius 1 is 0.917 bits per heavy atom. The Hall–Kier alpha value is -2.82. The van der Waals surface area contributed by atoms with E-state index >= 15 is 0 Å². The lowest BCUT2D eigenvalue weighted by Crippen LogP contribution is -2.56. The monoisotopic (exact) mass is 328 g/mol. The van der Waals surface area contributed by atoms with Crippen LogP contribution in [-0.2, 0) is 9.59 Å². The number of carboxylic acids is 1. The maximum atomic E-state index is 12.6. The number of carbonyl (C=O) groups is 2. The fourth-order valence-electron chi connectivity index (χ4n) is 2.15. The largest absolute Gasteiger partial charge is 0.475 e. The minimum absolute atomic E-state index is 0.0580. The summed E-state index contributed by atoms with van der Waals surface area (Å²) in [6, 6.07) is 16.7. The van der Waals surface area contributed by atoms with Crippen molar-refractivity contribution in [1.82, 2.24) is 0 Å². The van der Waals surface area contributed by atoms with Crippen molar-refractivity contribution in [3.05, 3.63) is 60.7 Å². The van der Waals surface area contributed by atoms with Gasteiger partial charge in [-0.1, -0.05) is 49.7 Å². The van der Waals surface area contributed by atoms with Crippen molar-refractivity contribution in [2.45, 2.75) is 32.0 Å². The van der Waals surface area contributed by atoms with Crippen molar-refractivity contribution in [2.24, 2.45) is 0 Å². The molecule has 0 unspecified atom stereocenters. The first-order valence-corrected chi connectivity index (χ1v) is 7.83. The summed E-state index contributed by atoms with van der Waals surface area (Å²) in [5, 5.41) is 9.75. The zero-order valence-corrected chi connectivity index (χ0v) is 13.5. The summed E-state index contributed by atoms with van der Waals surface area (Å²) in [6.45, 7) is 1.92. The third-order valence-corrected chi connectivity index (χ3v) is 3.42. The van der Waals surface area contributed by atoms with Crippen LogP contribution in [0.2, 0.25) is 0 Å². The number of Topliss-reactive ketones (excluding diaryl/α,β-unsaturated/α-hetero) is 1. The summed E-state index contributed by atoms with van der Waals surface area (Å²) in [4.78, 5) is 24.6. The van der Waals surface area contributed by atoms with Gasteiger partial charge >= 0.3 is 11.8 Å². The van der Waals surface area contributed by atoms with Gasteiger partial charge in [0, 0.05) is 6.42 Å². The van der Waals surface area contributed by atoms with E-state index in [2.05, 4.69) is 0 Å². The molecule has 0 aliphatic rings. The van der Waals surface area contributed by atoms with E-state index in [9.17, 15) is 14.7 Å². The first kappa shape index (κ1) is 17.5. The normalized spacial score (nSPS) is 10.9. The van der Waals surface area contributed by atoms with Crippen LogP contribution < -0.4 is 9.47 Å². The van der Waals surface area contributed by atoms with E-state index in [1.54, 1.807) is 60.7 Å². The van der Waals surface area contributed by atoms with Crippen molar-refractivity contribution in [1.29, 1.82) is 0 Å². The smallest absolute Gasteiger partial charge is 0.413 e. The fourth-order valence-corrected chi connectivity index (χ4v) is 2.15. The highest BCUT2D eigenvalue weighted by atomic mass is 16.7. The number of carbonyl (C=O) groups excluding carboxylic acids is 1. The average Bonchev–Trinajstić information content (AvgIpc) is 2.60. The summed E-state index contributed by atoms with van der Waals surface area (Å²) in [5.74, 6) is -4.00. The first-order chi connectivity index (χ1) is 11.6. The van der Waals surface area contributed by atoms with Gasteiger partial charge < -0.3 is 14.6 Å². The molecular formula is C19H20O5. The Morgan fingerprint density at radius 2 is 1.38 bits per heavy atom. The molecule has 0 heterocycles. The molecule has 0 fully saturated rings.